The lowest BCUT2D eigenvalue weighted by Gasteiger charge is -2.22. The summed E-state index contributed by atoms with van der Waals surface area (Å²) >= 11 is 0. The van der Waals surface area contributed by atoms with Crippen molar-refractivity contribution in [3.63, 3.8) is 0 Å². The molecule has 1 N–H and O–H groups in total. The number of hydrogen-bond donors (Lipinski definition) is 1. The van der Waals surface area contributed by atoms with Gasteiger partial charge in [-0.15, -0.1) is 0 Å². The number of amides is 1. The molecule has 0 aromatic carbocycles. The van der Waals surface area contributed by atoms with Crippen LogP contribution < -0.4 is 10.2 Å². The minimum atomic E-state index is -0.559. The van der Waals surface area contributed by atoms with E-state index in [1.54, 1.807) is 16.9 Å². The molecule has 2 bridgehead atoms. The Morgan fingerprint density at radius 3 is 3.00 bits per heavy atom. The lowest BCUT2D eigenvalue weighted by atomic mass is 10.1. The van der Waals surface area contributed by atoms with Gasteiger partial charge in [0.15, 0.2) is 5.65 Å². The molecule has 28 heavy (non-hydrogen) atoms. The lowest BCUT2D eigenvalue weighted by Crippen LogP contribution is -2.28. The Bertz CT molecular complexity index is 1060. The van der Waals surface area contributed by atoms with Crippen LogP contribution in [-0.2, 0) is 9.53 Å². The molecule has 2 aromatic heterocycles. The summed E-state index contributed by atoms with van der Waals surface area (Å²) < 4.78 is 21.8. The maximum Gasteiger partial charge on any atom is 0.234 e. The Balaban J connectivity index is 1.60. The number of aromatic nitrogens is 3. The largest absolute Gasteiger partial charge is 0.492 e. The molecule has 5 rings (SSSR count). The van der Waals surface area contributed by atoms with E-state index >= 15 is 0 Å². The maximum absolute atomic E-state index is 14.1. The Morgan fingerprint density at radius 1 is 1.32 bits per heavy atom. The average Bonchev–Trinajstić information content (AvgIpc) is 3.41. The van der Waals surface area contributed by atoms with Crippen LogP contribution in [-0.4, -0.2) is 40.7 Å². The quantitative estimate of drug-likeness (QED) is 0.760. The van der Waals surface area contributed by atoms with E-state index in [1.807, 2.05) is 24.1 Å². The van der Waals surface area contributed by atoms with Crippen molar-refractivity contribution < 1.29 is 13.9 Å². The van der Waals surface area contributed by atoms with Crippen LogP contribution in [0.5, 0.6) is 0 Å². The van der Waals surface area contributed by atoms with Crippen molar-refractivity contribution in [3.8, 4) is 0 Å². The summed E-state index contributed by atoms with van der Waals surface area (Å²) in [4.78, 5) is 19.5. The SMILES string of the molecule is CN1CC2=CC(F)=CCC=C2OCC2(CC2)C(=O)Nc2cnn3ccc1nc23. The molecular weight excluding hydrogens is 361 g/mol. The van der Waals surface area contributed by atoms with Crippen LogP contribution in [0.3, 0.4) is 0 Å². The van der Waals surface area contributed by atoms with E-state index in [9.17, 15) is 9.18 Å². The highest BCUT2D eigenvalue weighted by Crippen LogP contribution is 2.47. The monoisotopic (exact) mass is 381 g/mol. The highest BCUT2D eigenvalue weighted by molar-refractivity contribution is 5.99. The molecule has 1 fully saturated rings. The second-order valence-electron chi connectivity index (χ2n) is 7.55. The van der Waals surface area contributed by atoms with Crippen LogP contribution in [0.2, 0.25) is 0 Å². The maximum atomic E-state index is 14.1. The number of carbonyl (C=O) groups is 1. The minimum Gasteiger partial charge on any atom is -0.492 e. The van der Waals surface area contributed by atoms with Crippen molar-refractivity contribution in [2.75, 3.05) is 30.4 Å². The molecule has 144 valence electrons. The fourth-order valence-electron chi connectivity index (χ4n) is 3.54. The van der Waals surface area contributed by atoms with Gasteiger partial charge in [0.2, 0.25) is 5.91 Å². The number of anilines is 2. The molecule has 0 saturated heterocycles. The van der Waals surface area contributed by atoms with E-state index < -0.39 is 5.41 Å². The normalized spacial score (nSPS) is 21.3. The zero-order chi connectivity index (χ0) is 19.3. The van der Waals surface area contributed by atoms with Gasteiger partial charge in [-0.3, -0.25) is 4.79 Å². The fourth-order valence-corrected chi connectivity index (χ4v) is 3.54. The van der Waals surface area contributed by atoms with Gasteiger partial charge in [0, 0.05) is 25.4 Å². The third-order valence-corrected chi connectivity index (χ3v) is 5.49. The molecule has 8 heteroatoms. The van der Waals surface area contributed by atoms with Crippen LogP contribution in [0.15, 0.2) is 53.8 Å². The minimum absolute atomic E-state index is 0.0914. The number of hydrogen-bond acceptors (Lipinski definition) is 5. The molecule has 1 amide bonds. The van der Waals surface area contributed by atoms with Gasteiger partial charge >= 0.3 is 0 Å². The Hall–Kier alpha value is -3.16. The van der Waals surface area contributed by atoms with Gasteiger partial charge in [-0.1, -0.05) is 0 Å². The van der Waals surface area contributed by atoms with Crippen molar-refractivity contribution >= 4 is 23.1 Å². The molecule has 1 saturated carbocycles. The molecule has 3 aliphatic rings. The molecular formula is C20H20FN5O2. The lowest BCUT2D eigenvalue weighted by molar-refractivity contribution is -0.122. The Kier molecular flexibility index (Phi) is 3.75. The average molecular weight is 381 g/mol. The second kappa shape index (κ2) is 6.19. The molecule has 0 unspecified atom stereocenters. The third kappa shape index (κ3) is 2.85. The first kappa shape index (κ1) is 17.0. The highest BCUT2D eigenvalue weighted by Gasteiger charge is 2.51. The van der Waals surface area contributed by atoms with Crippen molar-refractivity contribution in [1.29, 1.82) is 0 Å². The Morgan fingerprint density at radius 2 is 2.18 bits per heavy atom. The Labute approximate surface area is 161 Å². The number of nitrogens with one attached hydrogen (secondary N) is 1. The molecule has 1 spiro atoms. The summed E-state index contributed by atoms with van der Waals surface area (Å²) in [6.45, 7) is 0.691. The van der Waals surface area contributed by atoms with Crippen LogP contribution in [0.25, 0.3) is 5.65 Å². The fraction of sp³-hybridized carbons (Fsp3) is 0.350. The van der Waals surface area contributed by atoms with Crippen LogP contribution in [0.1, 0.15) is 19.3 Å². The highest BCUT2D eigenvalue weighted by atomic mass is 19.1. The first-order valence-corrected chi connectivity index (χ1v) is 9.31. The van der Waals surface area contributed by atoms with Crippen LogP contribution >= 0.6 is 0 Å². The number of rotatable bonds is 0. The zero-order valence-corrected chi connectivity index (χ0v) is 15.5. The van der Waals surface area contributed by atoms with Gasteiger partial charge in [-0.25, -0.2) is 13.9 Å². The number of likely N-dealkylation sites (N-methyl/N-ethyl adjacent to an activating group) is 1. The van der Waals surface area contributed by atoms with Crippen molar-refractivity contribution in [3.05, 3.63) is 53.8 Å². The van der Waals surface area contributed by atoms with E-state index in [0.717, 1.165) is 18.4 Å². The number of allylic oxidation sites excluding steroid dienone is 4. The molecule has 1 aliphatic heterocycles. The summed E-state index contributed by atoms with van der Waals surface area (Å²) in [6.07, 6.45) is 10.3. The first-order chi connectivity index (χ1) is 13.5. The van der Waals surface area contributed by atoms with Crippen molar-refractivity contribution in [2.24, 2.45) is 5.41 Å². The number of ether oxygens (including phenoxy) is 1. The molecule has 2 aromatic rings. The zero-order valence-electron chi connectivity index (χ0n) is 15.5. The van der Waals surface area contributed by atoms with Gasteiger partial charge in [0.1, 0.15) is 29.7 Å². The van der Waals surface area contributed by atoms with E-state index in [2.05, 4.69) is 15.4 Å². The van der Waals surface area contributed by atoms with Gasteiger partial charge in [0.25, 0.3) is 0 Å². The van der Waals surface area contributed by atoms with Crippen molar-refractivity contribution in [1.82, 2.24) is 14.6 Å². The van der Waals surface area contributed by atoms with Crippen molar-refractivity contribution in [2.45, 2.75) is 19.3 Å². The molecule has 2 aliphatic carbocycles. The predicted octanol–water partition coefficient (Wildman–Crippen LogP) is 2.98. The number of fused-ring (bicyclic) bond motifs is 2. The van der Waals surface area contributed by atoms with E-state index in [4.69, 9.17) is 4.74 Å². The van der Waals surface area contributed by atoms with E-state index in [0.29, 0.717) is 35.9 Å². The second-order valence-corrected chi connectivity index (χ2v) is 7.55. The number of nitrogens with zero attached hydrogens (tertiary/aromatic N) is 4. The summed E-state index contributed by atoms with van der Waals surface area (Å²) in [6, 6.07) is 1.83. The summed E-state index contributed by atoms with van der Waals surface area (Å²) in [5.41, 5.74) is 1.31. The van der Waals surface area contributed by atoms with Gasteiger partial charge < -0.3 is 15.0 Å². The first-order valence-electron chi connectivity index (χ1n) is 9.31. The predicted molar refractivity (Wildman–Crippen MR) is 102 cm³/mol. The summed E-state index contributed by atoms with van der Waals surface area (Å²) in [5, 5.41) is 7.23. The van der Waals surface area contributed by atoms with Gasteiger partial charge in [0.05, 0.1) is 11.6 Å². The smallest absolute Gasteiger partial charge is 0.234 e. The van der Waals surface area contributed by atoms with E-state index in [1.165, 1.54) is 12.2 Å². The topological polar surface area (TPSA) is 71.8 Å². The molecule has 7 nitrogen and oxygen atoms in total. The number of halogens is 1. The molecule has 3 heterocycles. The third-order valence-electron chi connectivity index (χ3n) is 5.49. The number of carbonyl (C=O) groups excluding carboxylic acids is 1. The standard InChI is InChI=1S/C20H20FN5O2/c1-25-11-13-9-14(21)3-2-4-16(13)28-12-20(6-7-20)19(27)23-15-10-22-26-8-5-17(25)24-18(15)26/h3-5,8-10H,2,6-7,11-12H2,1H3,(H,23,27). The molecule has 0 radical (unpaired) electrons. The van der Waals surface area contributed by atoms with Gasteiger partial charge in [-0.05, 0) is 43.6 Å². The van der Waals surface area contributed by atoms with E-state index in [-0.39, 0.29) is 18.3 Å². The summed E-state index contributed by atoms with van der Waals surface area (Å²) in [5.74, 6) is 0.935. The summed E-state index contributed by atoms with van der Waals surface area (Å²) in [7, 11) is 1.89. The van der Waals surface area contributed by atoms with Crippen LogP contribution in [0.4, 0.5) is 15.9 Å². The molecule has 0 atom stereocenters. The van der Waals surface area contributed by atoms with Crippen LogP contribution in [0, 0.1) is 5.41 Å². The van der Waals surface area contributed by atoms with Gasteiger partial charge in [-0.2, -0.15) is 5.10 Å².